The second-order valence-electron chi connectivity index (χ2n) is 6.97. The van der Waals surface area contributed by atoms with Gasteiger partial charge in [0.15, 0.2) is 5.65 Å². The minimum absolute atomic E-state index is 0.614. The highest BCUT2D eigenvalue weighted by molar-refractivity contribution is 6.79. The Kier molecular flexibility index (Phi) is 3.63. The van der Waals surface area contributed by atoms with E-state index >= 15 is 0 Å². The van der Waals surface area contributed by atoms with Gasteiger partial charge in [-0.3, -0.25) is 0 Å². The number of hydrogen-bond donors (Lipinski definition) is 1. The van der Waals surface area contributed by atoms with Crippen LogP contribution in [0.2, 0.25) is 39.3 Å². The molecule has 0 aliphatic heterocycles. The molecule has 2 rings (SSSR count). The molecular formula is C12H23N5OSi2. The second-order valence-corrected chi connectivity index (χ2v) is 16.1. The molecule has 0 radical (unpaired) electrons. The van der Waals surface area contributed by atoms with Crippen molar-refractivity contribution < 1.29 is 4.43 Å². The third-order valence-corrected chi connectivity index (χ3v) is 4.21. The van der Waals surface area contributed by atoms with E-state index in [0.29, 0.717) is 17.5 Å². The molecule has 110 valence electrons. The fourth-order valence-corrected chi connectivity index (χ4v) is 3.28. The van der Waals surface area contributed by atoms with E-state index in [1.54, 1.807) is 6.33 Å². The van der Waals surface area contributed by atoms with Crippen molar-refractivity contribution in [2.75, 3.05) is 4.98 Å². The summed E-state index contributed by atoms with van der Waals surface area (Å²) < 4.78 is 8.02. The van der Waals surface area contributed by atoms with Crippen molar-refractivity contribution >= 4 is 33.7 Å². The SMILES string of the molecule is Cn1cnc2nc(N[Si](C)(C)C)nc(O[Si](C)(C)C)c21. The van der Waals surface area contributed by atoms with Crippen molar-refractivity contribution in [2.24, 2.45) is 7.05 Å². The molecule has 0 unspecified atom stereocenters. The Morgan fingerprint density at radius 1 is 1.10 bits per heavy atom. The number of nitrogens with one attached hydrogen (secondary N) is 1. The molecule has 0 aliphatic rings. The lowest BCUT2D eigenvalue weighted by atomic mass is 10.5. The maximum Gasteiger partial charge on any atom is 0.244 e. The van der Waals surface area contributed by atoms with Crippen LogP contribution in [-0.2, 0) is 7.05 Å². The van der Waals surface area contributed by atoms with Crippen LogP contribution in [0.15, 0.2) is 6.33 Å². The summed E-state index contributed by atoms with van der Waals surface area (Å²) in [6, 6.07) is 0. The summed E-state index contributed by atoms with van der Waals surface area (Å²) in [7, 11) is -1.32. The third-order valence-electron chi connectivity index (χ3n) is 2.43. The molecule has 0 saturated heterocycles. The first kappa shape index (κ1) is 15.0. The van der Waals surface area contributed by atoms with Crippen molar-refractivity contribution in [2.45, 2.75) is 39.3 Å². The van der Waals surface area contributed by atoms with Crippen LogP contribution >= 0.6 is 0 Å². The first-order chi connectivity index (χ1) is 9.05. The van der Waals surface area contributed by atoms with Gasteiger partial charge in [-0.15, -0.1) is 0 Å². The van der Waals surface area contributed by atoms with E-state index in [2.05, 4.69) is 59.2 Å². The Hall–Kier alpha value is -1.42. The number of fused-ring (bicyclic) bond motifs is 1. The topological polar surface area (TPSA) is 64.9 Å². The van der Waals surface area contributed by atoms with E-state index in [1.165, 1.54) is 0 Å². The number of anilines is 1. The second kappa shape index (κ2) is 4.85. The Labute approximate surface area is 121 Å². The number of nitrogens with zero attached hydrogens (tertiary/aromatic N) is 4. The minimum Gasteiger partial charge on any atom is -0.530 e. The summed E-state index contributed by atoms with van der Waals surface area (Å²) in [5.41, 5.74) is 1.53. The van der Waals surface area contributed by atoms with Crippen LogP contribution in [0.5, 0.6) is 5.88 Å². The van der Waals surface area contributed by atoms with Gasteiger partial charge in [-0.2, -0.15) is 9.97 Å². The number of aryl methyl sites for hydroxylation is 1. The van der Waals surface area contributed by atoms with Crippen LogP contribution in [0.3, 0.4) is 0 Å². The molecule has 6 nitrogen and oxygen atoms in total. The maximum absolute atomic E-state index is 6.11. The van der Waals surface area contributed by atoms with E-state index in [-0.39, 0.29) is 0 Å². The molecule has 2 aromatic heterocycles. The molecular weight excluding hydrogens is 286 g/mol. The van der Waals surface area contributed by atoms with Gasteiger partial charge >= 0.3 is 0 Å². The highest BCUT2D eigenvalue weighted by Gasteiger charge is 2.23. The molecule has 20 heavy (non-hydrogen) atoms. The molecule has 0 atom stereocenters. The van der Waals surface area contributed by atoms with E-state index in [0.717, 1.165) is 5.52 Å². The minimum atomic E-state index is -1.74. The number of hydrogen-bond acceptors (Lipinski definition) is 5. The summed E-state index contributed by atoms with van der Waals surface area (Å²) in [6.07, 6.45) is 1.74. The lowest BCUT2D eigenvalue weighted by Gasteiger charge is -2.21. The number of imidazole rings is 1. The summed E-state index contributed by atoms with van der Waals surface area (Å²) in [5.74, 6) is 1.25. The van der Waals surface area contributed by atoms with Crippen LogP contribution in [-0.4, -0.2) is 36.1 Å². The van der Waals surface area contributed by atoms with Gasteiger partial charge in [0.2, 0.25) is 20.1 Å². The van der Waals surface area contributed by atoms with Crippen LogP contribution < -0.4 is 9.41 Å². The highest BCUT2D eigenvalue weighted by atomic mass is 28.4. The predicted octanol–water partition coefficient (Wildman–Crippen LogP) is 2.82. The molecule has 0 spiro atoms. The fourth-order valence-electron chi connectivity index (χ4n) is 1.77. The van der Waals surface area contributed by atoms with Gasteiger partial charge in [0.25, 0.3) is 0 Å². The normalized spacial score (nSPS) is 12.8. The van der Waals surface area contributed by atoms with Gasteiger partial charge < -0.3 is 14.0 Å². The van der Waals surface area contributed by atoms with Crippen molar-refractivity contribution in [1.82, 2.24) is 19.5 Å². The molecule has 2 heterocycles. The molecule has 0 saturated carbocycles. The fraction of sp³-hybridized carbons (Fsp3) is 0.583. The van der Waals surface area contributed by atoms with Crippen molar-refractivity contribution in [1.29, 1.82) is 0 Å². The Morgan fingerprint density at radius 2 is 1.75 bits per heavy atom. The van der Waals surface area contributed by atoms with Gasteiger partial charge in [-0.05, 0) is 19.6 Å². The first-order valence-corrected chi connectivity index (χ1v) is 13.6. The first-order valence-electron chi connectivity index (χ1n) is 6.71. The van der Waals surface area contributed by atoms with Crippen molar-refractivity contribution in [3.63, 3.8) is 0 Å². The lowest BCUT2D eigenvalue weighted by Crippen LogP contribution is -2.34. The predicted molar refractivity (Wildman–Crippen MR) is 87.2 cm³/mol. The van der Waals surface area contributed by atoms with E-state index in [9.17, 15) is 0 Å². The highest BCUT2D eigenvalue weighted by Crippen LogP contribution is 2.25. The summed E-state index contributed by atoms with van der Waals surface area (Å²) in [4.78, 5) is 16.8. The zero-order valence-corrected chi connectivity index (χ0v) is 15.3. The zero-order valence-electron chi connectivity index (χ0n) is 13.3. The molecule has 2 aromatic rings. The summed E-state index contributed by atoms with van der Waals surface area (Å²) >= 11 is 0. The van der Waals surface area contributed by atoms with E-state index in [1.807, 2.05) is 11.6 Å². The van der Waals surface area contributed by atoms with Gasteiger partial charge in [0.1, 0.15) is 13.8 Å². The van der Waals surface area contributed by atoms with Crippen LogP contribution in [0.25, 0.3) is 11.2 Å². The monoisotopic (exact) mass is 309 g/mol. The molecule has 0 aliphatic carbocycles. The molecule has 1 N–H and O–H groups in total. The van der Waals surface area contributed by atoms with E-state index < -0.39 is 16.6 Å². The van der Waals surface area contributed by atoms with Crippen LogP contribution in [0.1, 0.15) is 0 Å². The van der Waals surface area contributed by atoms with Crippen LogP contribution in [0.4, 0.5) is 5.95 Å². The summed E-state index contributed by atoms with van der Waals surface area (Å²) in [5, 5.41) is 0. The lowest BCUT2D eigenvalue weighted by molar-refractivity contribution is 0.537. The summed E-state index contributed by atoms with van der Waals surface area (Å²) in [6.45, 7) is 13.0. The number of rotatable bonds is 4. The van der Waals surface area contributed by atoms with E-state index in [4.69, 9.17) is 4.43 Å². The molecule has 0 aromatic carbocycles. The Bertz CT molecular complexity index is 627. The average molecular weight is 310 g/mol. The average Bonchev–Trinajstić information content (AvgIpc) is 2.55. The van der Waals surface area contributed by atoms with Crippen LogP contribution in [0, 0.1) is 0 Å². The van der Waals surface area contributed by atoms with Crippen molar-refractivity contribution in [3.8, 4) is 5.88 Å². The zero-order chi connectivity index (χ0) is 15.1. The standard InChI is InChI=1S/C12H23N5OSi2/c1-17-8-13-10-9(17)11(18-20(5,6)7)15-12(14-10)16-19(2,3)4/h8H,1-7H3,(H,14,15,16). The van der Waals surface area contributed by atoms with Gasteiger partial charge in [-0.25, -0.2) is 4.98 Å². The van der Waals surface area contributed by atoms with Gasteiger partial charge in [0.05, 0.1) is 6.33 Å². The quantitative estimate of drug-likeness (QED) is 0.880. The number of aromatic nitrogens is 4. The Balaban J connectivity index is 2.53. The molecule has 0 fully saturated rings. The van der Waals surface area contributed by atoms with Crippen molar-refractivity contribution in [3.05, 3.63) is 6.33 Å². The molecule has 8 heteroatoms. The van der Waals surface area contributed by atoms with Gasteiger partial charge in [0, 0.05) is 7.05 Å². The molecule has 0 bridgehead atoms. The smallest absolute Gasteiger partial charge is 0.244 e. The third kappa shape index (κ3) is 3.57. The largest absolute Gasteiger partial charge is 0.530 e. The Morgan fingerprint density at radius 3 is 2.30 bits per heavy atom. The molecule has 0 amide bonds. The maximum atomic E-state index is 6.11. The van der Waals surface area contributed by atoms with Gasteiger partial charge in [-0.1, -0.05) is 19.6 Å².